The van der Waals surface area contributed by atoms with E-state index >= 15 is 0 Å². The van der Waals surface area contributed by atoms with Crippen LogP contribution in [0.1, 0.15) is 13.3 Å². The van der Waals surface area contributed by atoms with E-state index in [9.17, 15) is 32.5 Å². The Bertz CT molecular complexity index is 970. The molecule has 0 aromatic carbocycles. The largest absolute Gasteiger partial charge is 0.490 e. The van der Waals surface area contributed by atoms with E-state index in [1.807, 2.05) is 0 Å². The van der Waals surface area contributed by atoms with Crippen LogP contribution in [0.2, 0.25) is 0 Å². The summed E-state index contributed by atoms with van der Waals surface area (Å²) in [7, 11) is -17.1. The summed E-state index contributed by atoms with van der Waals surface area (Å²) in [6, 6.07) is 0. The third-order valence-corrected chi connectivity index (χ3v) is 8.02. The van der Waals surface area contributed by atoms with Gasteiger partial charge in [0.1, 0.15) is 17.3 Å². The van der Waals surface area contributed by atoms with Crippen molar-refractivity contribution in [2.45, 2.75) is 37.2 Å². The van der Waals surface area contributed by atoms with Crippen molar-refractivity contribution in [2.24, 2.45) is 10.7 Å². The molecule has 2 unspecified atom stereocenters. The third-order valence-electron chi connectivity index (χ3n) is 4.24. The Morgan fingerprint density at radius 3 is 2.34 bits per heavy atom. The van der Waals surface area contributed by atoms with Gasteiger partial charge in [-0.25, -0.2) is 18.7 Å². The van der Waals surface area contributed by atoms with Crippen LogP contribution in [0.25, 0.3) is 0 Å². The van der Waals surface area contributed by atoms with E-state index < -0.39 is 60.4 Å². The molecule has 0 aromatic rings. The number of aliphatic imine (C=N–C) groups is 1. The molecule has 0 radical (unpaired) electrons. The molecule has 0 bridgehead atoms. The monoisotopic (exact) mass is 529 g/mol. The molecule has 0 aliphatic carbocycles. The number of amidine groups is 1. The number of phosphoric acid groups is 3. The number of aliphatic hydroxyl groups is 1. The summed E-state index contributed by atoms with van der Waals surface area (Å²) in [4.78, 5) is 40.2. The zero-order valence-corrected chi connectivity index (χ0v) is 18.8. The number of halogens is 2. The maximum absolute atomic E-state index is 14.8. The van der Waals surface area contributed by atoms with Crippen LogP contribution < -0.4 is 5.73 Å². The Labute approximate surface area is 179 Å². The molecule has 7 N–H and O–H groups in total. The molecule has 2 aliphatic heterocycles. The van der Waals surface area contributed by atoms with E-state index in [2.05, 4.69) is 24.7 Å². The molecule has 2 rings (SSSR count). The number of alkyl halides is 2. The second kappa shape index (κ2) is 8.95. The van der Waals surface area contributed by atoms with Gasteiger partial charge < -0.3 is 40.1 Å². The number of hydrogen-bond donors (Lipinski definition) is 6. The number of phosphoric ester groups is 1. The van der Waals surface area contributed by atoms with Gasteiger partial charge in [0.2, 0.25) is 6.23 Å². The molecule has 15 nitrogen and oxygen atoms in total. The highest BCUT2D eigenvalue weighted by atomic mass is 31.3. The highest BCUT2D eigenvalue weighted by Gasteiger charge is 2.67. The molecule has 32 heavy (non-hydrogen) atoms. The van der Waals surface area contributed by atoms with Crippen LogP contribution in [-0.4, -0.2) is 65.9 Å². The van der Waals surface area contributed by atoms with Gasteiger partial charge in [-0.2, -0.15) is 17.4 Å². The number of aliphatic hydroxyl groups excluding tert-OH is 1. The first-order chi connectivity index (χ1) is 14.3. The summed E-state index contributed by atoms with van der Waals surface area (Å²) in [6.07, 6.45) is -3.04. The average Bonchev–Trinajstić information content (AvgIpc) is 2.78. The maximum atomic E-state index is 14.8. The standard InChI is InChI=1S/C12H20F2N3O12P3/c1-3-11(6-26-31(22,23)29-32(24,25)28-30(19,20)21)9(18)12(13,14)10(27-11)17-5-4-8(15)16-7(17)2/h4-5,9-10,18H,2-3,6H2,1H3,(H2,15,16)(H,22,23)(H,24,25)(H2,19,20,21)/t9-,10-,11-/m1/s1. The van der Waals surface area contributed by atoms with E-state index in [0.717, 1.165) is 17.2 Å². The molecule has 20 heteroatoms. The third kappa shape index (κ3) is 6.08. The van der Waals surface area contributed by atoms with Gasteiger partial charge in [-0.1, -0.05) is 13.5 Å². The fourth-order valence-electron chi connectivity index (χ4n) is 2.78. The van der Waals surface area contributed by atoms with Crippen LogP contribution in [0.15, 0.2) is 29.7 Å². The molecule has 2 aliphatic rings. The van der Waals surface area contributed by atoms with Crippen LogP contribution in [0.3, 0.4) is 0 Å². The molecule has 0 aromatic heterocycles. The van der Waals surface area contributed by atoms with Crippen molar-refractivity contribution >= 4 is 29.3 Å². The summed E-state index contributed by atoms with van der Waals surface area (Å²) in [5, 5.41) is 10.2. The van der Waals surface area contributed by atoms with Crippen LogP contribution in [0, 0.1) is 0 Å². The highest BCUT2D eigenvalue weighted by Crippen LogP contribution is 2.66. The SMILES string of the molecule is C=C1N=C(N)C=CN1[C@@H]1O[C@](CC)(COP(=O)(O)OP(=O)(O)OP(=O)(O)O)[C@@H](O)C1(F)F. The van der Waals surface area contributed by atoms with Gasteiger partial charge in [0.05, 0.1) is 6.61 Å². The Kier molecular flexibility index (Phi) is 7.60. The zero-order chi connectivity index (χ0) is 24.8. The van der Waals surface area contributed by atoms with E-state index in [4.69, 9.17) is 25.2 Å². The zero-order valence-electron chi connectivity index (χ0n) is 16.1. The van der Waals surface area contributed by atoms with Crippen molar-refractivity contribution in [2.75, 3.05) is 6.61 Å². The summed E-state index contributed by atoms with van der Waals surface area (Å²) >= 11 is 0. The molecule has 0 spiro atoms. The van der Waals surface area contributed by atoms with Gasteiger partial charge in [0.15, 0.2) is 6.10 Å². The van der Waals surface area contributed by atoms with Gasteiger partial charge >= 0.3 is 29.4 Å². The average molecular weight is 529 g/mol. The number of ether oxygens (including phenoxy) is 1. The van der Waals surface area contributed by atoms with Crippen molar-refractivity contribution in [3.8, 4) is 0 Å². The molecule has 1 saturated heterocycles. The molecular weight excluding hydrogens is 509 g/mol. The Balaban J connectivity index is 2.21. The summed E-state index contributed by atoms with van der Waals surface area (Å²) in [5.74, 6) is -4.31. The lowest BCUT2D eigenvalue weighted by molar-refractivity contribution is -0.154. The lowest BCUT2D eigenvalue weighted by Gasteiger charge is -2.33. The van der Waals surface area contributed by atoms with Gasteiger partial charge in [0, 0.05) is 6.20 Å². The van der Waals surface area contributed by atoms with Crippen LogP contribution >= 0.6 is 23.5 Å². The minimum absolute atomic E-state index is 0.0393. The van der Waals surface area contributed by atoms with Crippen molar-refractivity contribution in [3.05, 3.63) is 24.7 Å². The Morgan fingerprint density at radius 2 is 1.84 bits per heavy atom. The van der Waals surface area contributed by atoms with Crippen molar-refractivity contribution < 1.29 is 65.0 Å². The smallest absolute Gasteiger partial charge is 0.384 e. The normalized spacial score (nSPS) is 31.8. The number of rotatable bonds is 9. The highest BCUT2D eigenvalue weighted by molar-refractivity contribution is 7.66. The second-order valence-electron chi connectivity index (χ2n) is 6.51. The first kappa shape index (κ1) is 27.2. The van der Waals surface area contributed by atoms with E-state index in [1.165, 1.54) is 6.92 Å². The molecule has 0 amide bonds. The minimum atomic E-state index is -5.82. The fraction of sp³-hybridized carbons (Fsp3) is 0.583. The molecule has 1 fully saturated rings. The minimum Gasteiger partial charge on any atom is -0.384 e. The maximum Gasteiger partial charge on any atom is 0.490 e. The van der Waals surface area contributed by atoms with Crippen LogP contribution in [0.4, 0.5) is 8.78 Å². The van der Waals surface area contributed by atoms with E-state index in [1.54, 1.807) is 0 Å². The molecule has 0 saturated carbocycles. The molecule has 5 atom stereocenters. The predicted octanol–water partition coefficient (Wildman–Crippen LogP) is 0.489. The predicted molar refractivity (Wildman–Crippen MR) is 100 cm³/mol. The van der Waals surface area contributed by atoms with Crippen molar-refractivity contribution in [1.29, 1.82) is 0 Å². The van der Waals surface area contributed by atoms with Gasteiger partial charge in [0.25, 0.3) is 0 Å². The van der Waals surface area contributed by atoms with Crippen LogP contribution in [-0.2, 0) is 31.6 Å². The quantitative estimate of drug-likeness (QED) is 0.223. The number of nitrogens with zero attached hydrogens (tertiary/aromatic N) is 2. The Morgan fingerprint density at radius 1 is 1.25 bits per heavy atom. The summed E-state index contributed by atoms with van der Waals surface area (Å²) < 4.78 is 80.4. The number of hydrogen-bond acceptors (Lipinski definition) is 11. The van der Waals surface area contributed by atoms with E-state index in [0.29, 0.717) is 0 Å². The molecular formula is C12H20F2N3O12P3. The topological polar surface area (TPSA) is 231 Å². The lowest BCUT2D eigenvalue weighted by atomic mass is 9.92. The Hall–Kier alpha value is -1.06. The summed E-state index contributed by atoms with van der Waals surface area (Å²) in [6.45, 7) is 3.43. The first-order valence-electron chi connectivity index (χ1n) is 8.36. The summed E-state index contributed by atoms with van der Waals surface area (Å²) in [5.41, 5.74) is 3.10. The van der Waals surface area contributed by atoms with E-state index in [-0.39, 0.29) is 11.7 Å². The van der Waals surface area contributed by atoms with Gasteiger partial charge in [-0.05, 0) is 12.5 Å². The second-order valence-corrected chi connectivity index (χ2v) is 10.9. The van der Waals surface area contributed by atoms with Crippen LogP contribution in [0.5, 0.6) is 0 Å². The molecule has 184 valence electrons. The fourth-order valence-corrected chi connectivity index (χ4v) is 5.86. The number of nitrogens with two attached hydrogens (primary N) is 1. The van der Waals surface area contributed by atoms with Crippen molar-refractivity contribution in [1.82, 2.24) is 4.90 Å². The molecule has 2 heterocycles. The van der Waals surface area contributed by atoms with Crippen molar-refractivity contribution in [3.63, 3.8) is 0 Å². The lowest BCUT2D eigenvalue weighted by Crippen LogP contribution is -2.50. The van der Waals surface area contributed by atoms with Gasteiger partial charge in [-0.15, -0.1) is 0 Å². The van der Waals surface area contributed by atoms with Gasteiger partial charge in [-0.3, -0.25) is 4.52 Å². The first-order valence-corrected chi connectivity index (χ1v) is 12.9.